The Morgan fingerprint density at radius 1 is 0.915 bits per heavy atom. The third kappa shape index (κ3) is 6.70. The Kier molecular flexibility index (Phi) is 9.25. The number of nitrogens with one attached hydrogen (secondary N) is 1. The number of amides is 2. The third-order valence-corrected chi connectivity index (χ3v) is 8.87. The zero-order valence-corrected chi connectivity index (χ0v) is 25.9. The van der Waals surface area contributed by atoms with Gasteiger partial charge in [-0.1, -0.05) is 78.9 Å². The molecule has 0 radical (unpaired) electrons. The SMILES string of the molecule is COC(=O)c1cc(=O)n(CC2=C(C(=O)OC(c3ccccc3)c3ccccc3)N3C(=O)C(NC(=O)COc4ccccc4)[C@H]3SC2)o1. The highest BCUT2D eigenvalue weighted by Gasteiger charge is 2.54. The molecule has 1 unspecified atom stereocenters. The summed E-state index contributed by atoms with van der Waals surface area (Å²) >= 11 is 1.30. The highest BCUT2D eigenvalue weighted by Crippen LogP contribution is 2.42. The van der Waals surface area contributed by atoms with Gasteiger partial charge in [0, 0.05) is 5.75 Å². The molecule has 2 aliphatic rings. The molecule has 0 saturated carbocycles. The van der Waals surface area contributed by atoms with Gasteiger partial charge in [0.15, 0.2) is 12.7 Å². The Labute approximate surface area is 272 Å². The van der Waals surface area contributed by atoms with Gasteiger partial charge in [-0.2, -0.15) is 4.74 Å². The number of methoxy groups -OCH3 is 1. The fraction of sp³-hybridized carbons (Fsp3) is 0.206. The first-order valence-corrected chi connectivity index (χ1v) is 15.6. The van der Waals surface area contributed by atoms with Crippen LogP contribution in [-0.4, -0.2) is 64.3 Å². The highest BCUT2D eigenvalue weighted by molar-refractivity contribution is 8.00. The van der Waals surface area contributed by atoms with Gasteiger partial charge < -0.3 is 24.1 Å². The van der Waals surface area contributed by atoms with E-state index >= 15 is 0 Å². The zero-order chi connectivity index (χ0) is 32.9. The Bertz CT molecular complexity index is 1830. The van der Waals surface area contributed by atoms with E-state index in [2.05, 4.69) is 10.1 Å². The van der Waals surface area contributed by atoms with Crippen molar-refractivity contribution in [1.82, 2.24) is 15.0 Å². The van der Waals surface area contributed by atoms with Gasteiger partial charge in [-0.25, -0.2) is 9.59 Å². The average molecular weight is 656 g/mol. The van der Waals surface area contributed by atoms with E-state index in [1.54, 1.807) is 24.3 Å². The molecule has 3 aromatic carbocycles. The number of hydrogen-bond donors (Lipinski definition) is 1. The molecule has 1 fully saturated rings. The number of carbonyl (C=O) groups excluding carboxylic acids is 4. The van der Waals surface area contributed by atoms with E-state index in [4.69, 9.17) is 14.0 Å². The van der Waals surface area contributed by atoms with Crippen molar-refractivity contribution in [3.05, 3.63) is 136 Å². The number of fused-ring (bicyclic) bond motifs is 1. The lowest BCUT2D eigenvalue weighted by Crippen LogP contribution is -2.71. The fourth-order valence-electron chi connectivity index (χ4n) is 5.28. The van der Waals surface area contributed by atoms with Gasteiger partial charge in [-0.3, -0.25) is 19.3 Å². The van der Waals surface area contributed by atoms with E-state index < -0.39 is 46.8 Å². The molecule has 0 aliphatic carbocycles. The van der Waals surface area contributed by atoms with Crippen LogP contribution in [0.25, 0.3) is 0 Å². The normalized spacial score (nSPS) is 17.1. The number of hydrogen-bond acceptors (Lipinski definition) is 10. The zero-order valence-electron chi connectivity index (χ0n) is 25.1. The molecule has 13 heteroatoms. The molecule has 6 rings (SSSR count). The molecule has 4 aromatic rings. The van der Waals surface area contributed by atoms with Crippen molar-refractivity contribution in [2.24, 2.45) is 0 Å². The smallest absolute Gasteiger partial charge is 0.376 e. The summed E-state index contributed by atoms with van der Waals surface area (Å²) in [5.41, 5.74) is 1.07. The Hall–Kier alpha value is -5.56. The van der Waals surface area contributed by atoms with Gasteiger partial charge >= 0.3 is 11.9 Å². The maximum Gasteiger partial charge on any atom is 0.376 e. The second kappa shape index (κ2) is 13.8. The number of para-hydroxylation sites is 1. The summed E-state index contributed by atoms with van der Waals surface area (Å²) in [6.45, 7) is -0.548. The van der Waals surface area contributed by atoms with E-state index in [1.165, 1.54) is 16.7 Å². The molecule has 1 aromatic heterocycles. The van der Waals surface area contributed by atoms with Gasteiger partial charge in [0.1, 0.15) is 22.9 Å². The van der Waals surface area contributed by atoms with Gasteiger partial charge in [-0.15, -0.1) is 11.8 Å². The summed E-state index contributed by atoms with van der Waals surface area (Å²) in [7, 11) is 1.16. The minimum atomic E-state index is -0.924. The van der Waals surface area contributed by atoms with E-state index in [1.807, 2.05) is 66.7 Å². The lowest BCUT2D eigenvalue weighted by molar-refractivity contribution is -0.154. The van der Waals surface area contributed by atoms with Crippen molar-refractivity contribution in [2.75, 3.05) is 19.5 Å². The van der Waals surface area contributed by atoms with Crippen LogP contribution in [0.5, 0.6) is 5.75 Å². The first-order valence-electron chi connectivity index (χ1n) is 14.6. The summed E-state index contributed by atoms with van der Waals surface area (Å²) in [5.74, 6) is -2.29. The predicted octanol–water partition coefficient (Wildman–Crippen LogP) is 3.29. The number of nitrogens with zero attached hydrogens (tertiary/aromatic N) is 2. The minimum absolute atomic E-state index is 0.0652. The van der Waals surface area contributed by atoms with Crippen LogP contribution in [0.2, 0.25) is 0 Å². The Morgan fingerprint density at radius 2 is 1.53 bits per heavy atom. The number of carbonyl (C=O) groups is 4. The molecule has 240 valence electrons. The molecule has 12 nitrogen and oxygen atoms in total. The van der Waals surface area contributed by atoms with Crippen LogP contribution in [0.3, 0.4) is 0 Å². The van der Waals surface area contributed by atoms with Crippen molar-refractivity contribution >= 4 is 35.5 Å². The summed E-state index contributed by atoms with van der Waals surface area (Å²) in [5, 5.41) is 2.08. The summed E-state index contributed by atoms with van der Waals surface area (Å²) in [6.07, 6.45) is -0.814. The molecule has 1 N–H and O–H groups in total. The van der Waals surface area contributed by atoms with Crippen LogP contribution in [0.4, 0.5) is 0 Å². The van der Waals surface area contributed by atoms with E-state index in [-0.39, 0.29) is 30.4 Å². The molecule has 1 saturated heterocycles. The number of esters is 2. The Balaban J connectivity index is 1.29. The maximum absolute atomic E-state index is 14.1. The van der Waals surface area contributed by atoms with Crippen LogP contribution >= 0.6 is 11.8 Å². The number of rotatable bonds is 11. The van der Waals surface area contributed by atoms with Crippen molar-refractivity contribution in [3.8, 4) is 5.75 Å². The highest BCUT2D eigenvalue weighted by atomic mass is 32.2. The molecule has 2 amide bonds. The number of benzene rings is 3. The largest absolute Gasteiger partial charge is 0.484 e. The predicted molar refractivity (Wildman–Crippen MR) is 169 cm³/mol. The van der Waals surface area contributed by atoms with Gasteiger partial charge in [0.2, 0.25) is 5.76 Å². The van der Waals surface area contributed by atoms with Gasteiger partial charge in [0.25, 0.3) is 17.4 Å². The molecular formula is C34H29N3O9S. The second-order valence-electron chi connectivity index (χ2n) is 10.6. The van der Waals surface area contributed by atoms with Crippen LogP contribution < -0.4 is 15.6 Å². The molecule has 0 spiro atoms. The molecular weight excluding hydrogens is 626 g/mol. The fourth-order valence-corrected chi connectivity index (χ4v) is 6.61. The number of thioether (sulfide) groups is 1. The van der Waals surface area contributed by atoms with Gasteiger partial charge in [0.05, 0.1) is 19.7 Å². The lowest BCUT2D eigenvalue weighted by Gasteiger charge is -2.49. The standard InChI is InChI=1S/C34H29N3O9S/c1-43-33(41)25-17-27(39)36(46-25)18-23-20-47-32-28(35-26(38)19-44-24-15-9-4-10-16-24)31(40)37(32)29(23)34(42)45-30(21-11-5-2-6-12-21)22-13-7-3-8-14-22/h2-17,28,30,32H,18-20H2,1H3,(H,35,38)/t28?,32-/m1/s1. The van der Waals surface area contributed by atoms with E-state index in [9.17, 15) is 24.0 Å². The van der Waals surface area contributed by atoms with Crippen LogP contribution in [0, 0.1) is 0 Å². The number of ether oxygens (including phenoxy) is 3. The van der Waals surface area contributed by atoms with E-state index in [0.29, 0.717) is 22.4 Å². The molecule has 2 atom stereocenters. The van der Waals surface area contributed by atoms with Crippen molar-refractivity contribution in [3.63, 3.8) is 0 Å². The second-order valence-corrected chi connectivity index (χ2v) is 11.7. The monoisotopic (exact) mass is 655 g/mol. The molecule has 47 heavy (non-hydrogen) atoms. The molecule has 3 heterocycles. The quantitative estimate of drug-likeness (QED) is 0.189. The van der Waals surface area contributed by atoms with Crippen molar-refractivity contribution < 1.29 is 37.9 Å². The first kappa shape index (κ1) is 31.4. The third-order valence-electron chi connectivity index (χ3n) is 7.53. The van der Waals surface area contributed by atoms with Crippen LogP contribution in [0.15, 0.2) is 118 Å². The topological polar surface area (TPSA) is 146 Å². The number of β-lactam (4-membered cyclic amide) rings is 1. The minimum Gasteiger partial charge on any atom is -0.484 e. The summed E-state index contributed by atoms with van der Waals surface area (Å²) in [6, 6.07) is 27.2. The van der Waals surface area contributed by atoms with Crippen LogP contribution in [0.1, 0.15) is 27.8 Å². The van der Waals surface area contributed by atoms with E-state index in [0.717, 1.165) is 17.9 Å². The van der Waals surface area contributed by atoms with Crippen molar-refractivity contribution in [2.45, 2.75) is 24.1 Å². The average Bonchev–Trinajstić information content (AvgIpc) is 3.48. The molecule has 2 aliphatic heterocycles. The van der Waals surface area contributed by atoms with Crippen molar-refractivity contribution in [1.29, 1.82) is 0 Å². The molecule has 0 bridgehead atoms. The maximum atomic E-state index is 14.1. The Morgan fingerprint density at radius 3 is 2.15 bits per heavy atom. The summed E-state index contributed by atoms with van der Waals surface area (Å²) in [4.78, 5) is 66.4. The van der Waals surface area contributed by atoms with Gasteiger partial charge in [-0.05, 0) is 28.8 Å². The van der Waals surface area contributed by atoms with Crippen LogP contribution in [-0.2, 0) is 30.4 Å². The summed E-state index contributed by atoms with van der Waals surface area (Å²) < 4.78 is 22.6. The number of aromatic nitrogens is 1. The first-order chi connectivity index (χ1) is 22.8. The lowest BCUT2D eigenvalue weighted by atomic mass is 10.0.